The zero-order chi connectivity index (χ0) is 13.3. The summed E-state index contributed by atoms with van der Waals surface area (Å²) < 4.78 is 0. The van der Waals surface area contributed by atoms with Crippen LogP contribution in [-0.2, 0) is 0 Å². The summed E-state index contributed by atoms with van der Waals surface area (Å²) in [6.45, 7) is 6.31. The molecule has 0 atom stereocenters. The molecule has 0 heterocycles. The summed E-state index contributed by atoms with van der Waals surface area (Å²) in [5.74, 6) is 0. The first-order valence-corrected chi connectivity index (χ1v) is 6.29. The summed E-state index contributed by atoms with van der Waals surface area (Å²) in [5.41, 5.74) is 2.16. The molecule has 0 amide bonds. The molecule has 2 rings (SSSR count). The van der Waals surface area contributed by atoms with Gasteiger partial charge in [-0.2, -0.15) is 0 Å². The number of rotatable bonds is 3. The molecule has 0 bridgehead atoms. The fourth-order valence-corrected chi connectivity index (χ4v) is 2.02. The predicted octanol–water partition coefficient (Wildman–Crippen LogP) is 3.36. The molecular weight excluding hydrogens is 222 g/mol. The fraction of sp³-hybridized carbons (Fsp3) is 0.375. The van der Waals surface area contributed by atoms with Crippen molar-refractivity contribution >= 4 is 16.5 Å². The van der Waals surface area contributed by atoms with Crippen molar-refractivity contribution in [2.75, 3.05) is 18.6 Å². The number of aryl methyl sites for hydroxylation is 1. The zero-order valence-corrected chi connectivity index (χ0v) is 11.6. The van der Waals surface area contributed by atoms with E-state index in [2.05, 4.69) is 48.2 Å². The van der Waals surface area contributed by atoms with E-state index < -0.39 is 0 Å². The summed E-state index contributed by atoms with van der Waals surface area (Å²) in [6, 6.07) is 12.9. The Kier molecular flexibility index (Phi) is 3.31. The molecule has 0 fully saturated rings. The van der Waals surface area contributed by atoms with Crippen LogP contribution in [0.4, 0.5) is 5.69 Å². The number of nitrogens with zero attached hydrogens (tertiary/aromatic N) is 1. The number of fused-ring (bicyclic) bond motifs is 1. The van der Waals surface area contributed by atoms with E-state index in [9.17, 15) is 5.11 Å². The lowest BCUT2D eigenvalue weighted by atomic mass is 10.0. The van der Waals surface area contributed by atoms with Crippen molar-refractivity contribution in [1.29, 1.82) is 0 Å². The molecule has 0 radical (unpaired) electrons. The molecule has 0 saturated heterocycles. The van der Waals surface area contributed by atoms with E-state index in [1.807, 2.05) is 20.9 Å². The summed E-state index contributed by atoms with van der Waals surface area (Å²) in [5, 5.41) is 11.9. The maximum absolute atomic E-state index is 9.43. The maximum Gasteiger partial charge on any atom is 0.0658 e. The Hall–Kier alpha value is -1.54. The van der Waals surface area contributed by atoms with Crippen molar-refractivity contribution in [2.24, 2.45) is 0 Å². The summed E-state index contributed by atoms with van der Waals surface area (Å²) in [6.07, 6.45) is 0. The van der Waals surface area contributed by atoms with Crippen molar-refractivity contribution in [1.82, 2.24) is 0 Å². The van der Waals surface area contributed by atoms with Gasteiger partial charge in [-0.1, -0.05) is 29.8 Å². The summed E-state index contributed by atoms with van der Waals surface area (Å²) in [4.78, 5) is 2.12. The highest BCUT2D eigenvalue weighted by molar-refractivity contribution is 5.86. The van der Waals surface area contributed by atoms with Gasteiger partial charge in [0.05, 0.1) is 12.1 Å². The van der Waals surface area contributed by atoms with Crippen molar-refractivity contribution < 1.29 is 5.11 Å². The Morgan fingerprint density at radius 3 is 2.33 bits per heavy atom. The van der Waals surface area contributed by atoms with Gasteiger partial charge in [-0.25, -0.2) is 0 Å². The van der Waals surface area contributed by atoms with Gasteiger partial charge in [-0.05, 0) is 43.7 Å². The van der Waals surface area contributed by atoms with E-state index in [0.29, 0.717) is 0 Å². The maximum atomic E-state index is 9.43. The standard InChI is InChI=1S/C16H21NO/c1-12-5-6-14-10-15(8-7-13(14)9-12)17(4)16(2,3)11-18/h5-10,18H,11H2,1-4H3. The van der Waals surface area contributed by atoms with Crippen LogP contribution in [0.2, 0.25) is 0 Å². The van der Waals surface area contributed by atoms with Crippen molar-refractivity contribution in [3.05, 3.63) is 42.0 Å². The molecule has 1 N–H and O–H groups in total. The van der Waals surface area contributed by atoms with Crippen LogP contribution >= 0.6 is 0 Å². The van der Waals surface area contributed by atoms with Gasteiger partial charge in [0.15, 0.2) is 0 Å². The topological polar surface area (TPSA) is 23.5 Å². The number of aliphatic hydroxyl groups is 1. The van der Waals surface area contributed by atoms with Crippen LogP contribution in [0.15, 0.2) is 36.4 Å². The lowest BCUT2D eigenvalue weighted by molar-refractivity contribution is 0.216. The molecular formula is C16H21NO. The Labute approximate surface area is 109 Å². The van der Waals surface area contributed by atoms with Gasteiger partial charge < -0.3 is 10.0 Å². The van der Waals surface area contributed by atoms with Crippen molar-refractivity contribution in [2.45, 2.75) is 26.3 Å². The van der Waals surface area contributed by atoms with E-state index in [-0.39, 0.29) is 12.1 Å². The van der Waals surface area contributed by atoms with E-state index >= 15 is 0 Å². The van der Waals surface area contributed by atoms with Gasteiger partial charge in [-0.15, -0.1) is 0 Å². The molecule has 0 aliphatic rings. The average Bonchev–Trinajstić information content (AvgIpc) is 2.37. The smallest absolute Gasteiger partial charge is 0.0658 e. The fourth-order valence-electron chi connectivity index (χ4n) is 2.02. The highest BCUT2D eigenvalue weighted by Gasteiger charge is 2.22. The molecule has 96 valence electrons. The zero-order valence-electron chi connectivity index (χ0n) is 11.6. The molecule has 2 nitrogen and oxygen atoms in total. The molecule has 0 saturated carbocycles. The van der Waals surface area contributed by atoms with Gasteiger partial charge in [0.1, 0.15) is 0 Å². The minimum Gasteiger partial charge on any atom is -0.394 e. The largest absolute Gasteiger partial charge is 0.394 e. The minimum atomic E-state index is -0.252. The quantitative estimate of drug-likeness (QED) is 0.893. The molecule has 0 aromatic heterocycles. The van der Waals surface area contributed by atoms with E-state index in [0.717, 1.165) is 5.69 Å². The van der Waals surface area contributed by atoms with Crippen LogP contribution in [0.5, 0.6) is 0 Å². The van der Waals surface area contributed by atoms with Crippen LogP contribution in [-0.4, -0.2) is 24.3 Å². The van der Waals surface area contributed by atoms with Gasteiger partial charge in [0.25, 0.3) is 0 Å². The first kappa shape index (κ1) is 12.9. The van der Waals surface area contributed by atoms with Gasteiger partial charge in [0, 0.05) is 12.7 Å². The van der Waals surface area contributed by atoms with Crippen molar-refractivity contribution in [3.8, 4) is 0 Å². The van der Waals surface area contributed by atoms with Gasteiger partial charge >= 0.3 is 0 Å². The third-order valence-corrected chi connectivity index (χ3v) is 3.66. The second-order valence-electron chi connectivity index (χ2n) is 5.56. The third-order valence-electron chi connectivity index (χ3n) is 3.66. The summed E-state index contributed by atoms with van der Waals surface area (Å²) >= 11 is 0. The van der Waals surface area contributed by atoms with E-state index in [4.69, 9.17) is 0 Å². The lowest BCUT2D eigenvalue weighted by Gasteiger charge is -2.36. The minimum absolute atomic E-state index is 0.134. The van der Waals surface area contributed by atoms with Gasteiger partial charge in [-0.3, -0.25) is 0 Å². The van der Waals surface area contributed by atoms with Crippen LogP contribution in [0, 0.1) is 6.92 Å². The van der Waals surface area contributed by atoms with Crippen LogP contribution in [0.25, 0.3) is 10.8 Å². The number of hydrogen-bond donors (Lipinski definition) is 1. The average molecular weight is 243 g/mol. The van der Waals surface area contributed by atoms with Gasteiger partial charge in [0.2, 0.25) is 0 Å². The number of benzene rings is 2. The normalized spacial score (nSPS) is 11.8. The second kappa shape index (κ2) is 4.62. The van der Waals surface area contributed by atoms with E-state index in [1.165, 1.54) is 16.3 Å². The third kappa shape index (κ3) is 2.34. The highest BCUT2D eigenvalue weighted by Crippen LogP contribution is 2.26. The number of likely N-dealkylation sites (N-methyl/N-ethyl adjacent to an activating group) is 1. The Morgan fingerprint density at radius 1 is 1.06 bits per heavy atom. The number of aliphatic hydroxyl groups excluding tert-OH is 1. The first-order valence-electron chi connectivity index (χ1n) is 6.29. The predicted molar refractivity (Wildman–Crippen MR) is 78.3 cm³/mol. The SMILES string of the molecule is Cc1ccc2cc(N(C)C(C)(C)CO)ccc2c1. The van der Waals surface area contributed by atoms with E-state index in [1.54, 1.807) is 0 Å². The van der Waals surface area contributed by atoms with Crippen LogP contribution < -0.4 is 4.90 Å². The van der Waals surface area contributed by atoms with Crippen LogP contribution in [0.1, 0.15) is 19.4 Å². The highest BCUT2D eigenvalue weighted by atomic mass is 16.3. The molecule has 2 heteroatoms. The second-order valence-corrected chi connectivity index (χ2v) is 5.56. The molecule has 0 spiro atoms. The first-order chi connectivity index (χ1) is 8.44. The molecule has 0 unspecified atom stereocenters. The Balaban J connectivity index is 2.44. The summed E-state index contributed by atoms with van der Waals surface area (Å²) in [7, 11) is 2.02. The Bertz CT molecular complexity index is 560. The Morgan fingerprint density at radius 2 is 1.67 bits per heavy atom. The monoisotopic (exact) mass is 243 g/mol. The number of anilines is 1. The number of hydrogen-bond acceptors (Lipinski definition) is 2. The van der Waals surface area contributed by atoms with Crippen LogP contribution in [0.3, 0.4) is 0 Å². The molecule has 0 aliphatic carbocycles. The molecule has 18 heavy (non-hydrogen) atoms. The molecule has 0 aliphatic heterocycles. The molecule has 2 aromatic rings. The lowest BCUT2D eigenvalue weighted by Crippen LogP contribution is -2.44. The molecule has 2 aromatic carbocycles. The van der Waals surface area contributed by atoms with Crippen molar-refractivity contribution in [3.63, 3.8) is 0 Å².